The quantitative estimate of drug-likeness (QED) is 0.144. The number of halogens is 1. The molecule has 0 aliphatic rings. The van der Waals surface area contributed by atoms with Gasteiger partial charge in [-0.2, -0.15) is 0 Å². The fraction of sp³-hybridized carbons (Fsp3) is 0.171. The molecular weight excluding hydrogens is 518 g/mol. The number of nitrogens with zero attached hydrogens (tertiary/aromatic N) is 1. The molecular formula is C35H30ClNO3. The van der Waals surface area contributed by atoms with Crippen LogP contribution in [-0.2, 0) is 4.74 Å². The lowest BCUT2D eigenvalue weighted by atomic mass is 9.83. The molecule has 200 valence electrons. The molecule has 0 saturated carbocycles. The Kier molecular flexibility index (Phi) is 8.09. The largest absolute Gasteiger partial charge is 0.462 e. The van der Waals surface area contributed by atoms with Gasteiger partial charge in [-0.05, 0) is 89.7 Å². The van der Waals surface area contributed by atoms with Gasteiger partial charge in [0, 0.05) is 34.8 Å². The van der Waals surface area contributed by atoms with Crippen molar-refractivity contribution in [1.29, 1.82) is 0 Å². The first-order valence-corrected chi connectivity index (χ1v) is 13.7. The average Bonchev–Trinajstić information content (AvgIpc) is 2.96. The van der Waals surface area contributed by atoms with E-state index in [9.17, 15) is 9.59 Å². The summed E-state index contributed by atoms with van der Waals surface area (Å²) in [7, 11) is 0. The molecule has 4 aromatic carbocycles. The Morgan fingerprint density at radius 3 is 2.33 bits per heavy atom. The van der Waals surface area contributed by atoms with E-state index < -0.39 is 0 Å². The molecule has 0 aliphatic heterocycles. The van der Waals surface area contributed by atoms with Gasteiger partial charge in [0.2, 0.25) is 0 Å². The molecule has 0 amide bonds. The van der Waals surface area contributed by atoms with Crippen molar-refractivity contribution in [2.45, 2.75) is 33.1 Å². The minimum atomic E-state index is -0.323. The molecule has 0 spiro atoms. The number of aryl methyl sites for hydroxylation is 2. The summed E-state index contributed by atoms with van der Waals surface area (Å²) < 4.78 is 5.27. The zero-order valence-electron chi connectivity index (χ0n) is 22.8. The van der Waals surface area contributed by atoms with Crippen molar-refractivity contribution < 1.29 is 14.3 Å². The number of carbonyl (C=O) groups is 2. The summed E-state index contributed by atoms with van der Waals surface area (Å²) in [5.74, 6) is -0.402. The molecule has 5 aromatic rings. The molecule has 0 aliphatic carbocycles. The summed E-state index contributed by atoms with van der Waals surface area (Å²) in [5.41, 5.74) is 7.24. The zero-order chi connectivity index (χ0) is 28.2. The van der Waals surface area contributed by atoms with E-state index in [1.54, 1.807) is 19.2 Å². The maximum atomic E-state index is 13.4. The van der Waals surface area contributed by atoms with Crippen LogP contribution in [0.2, 0.25) is 5.02 Å². The van der Waals surface area contributed by atoms with E-state index in [0.717, 1.165) is 44.3 Å². The Morgan fingerprint density at radius 1 is 0.875 bits per heavy atom. The van der Waals surface area contributed by atoms with Gasteiger partial charge < -0.3 is 4.74 Å². The van der Waals surface area contributed by atoms with Gasteiger partial charge in [0.25, 0.3) is 0 Å². The number of benzene rings is 4. The lowest BCUT2D eigenvalue weighted by Gasteiger charge is -2.21. The second-order valence-corrected chi connectivity index (χ2v) is 10.4. The Morgan fingerprint density at radius 2 is 1.62 bits per heavy atom. The van der Waals surface area contributed by atoms with Crippen LogP contribution in [-0.4, -0.2) is 23.3 Å². The predicted octanol–water partition coefficient (Wildman–Crippen LogP) is 8.75. The van der Waals surface area contributed by atoms with Crippen LogP contribution < -0.4 is 0 Å². The number of hydrogen-bond acceptors (Lipinski definition) is 4. The lowest BCUT2D eigenvalue weighted by Crippen LogP contribution is -2.11. The Bertz CT molecular complexity index is 1710. The topological polar surface area (TPSA) is 56.3 Å². The molecule has 5 heteroatoms. The van der Waals surface area contributed by atoms with Crippen LogP contribution >= 0.6 is 11.6 Å². The van der Waals surface area contributed by atoms with Gasteiger partial charge in [-0.1, -0.05) is 72.3 Å². The molecule has 0 radical (unpaired) electrons. The monoisotopic (exact) mass is 547 g/mol. The van der Waals surface area contributed by atoms with Gasteiger partial charge in [0.15, 0.2) is 5.78 Å². The number of hydrogen-bond donors (Lipinski definition) is 0. The fourth-order valence-corrected chi connectivity index (χ4v) is 5.52. The minimum absolute atomic E-state index is 0.0643. The molecule has 4 nitrogen and oxygen atoms in total. The number of rotatable bonds is 8. The van der Waals surface area contributed by atoms with Crippen molar-refractivity contribution in [3.8, 4) is 11.1 Å². The molecule has 40 heavy (non-hydrogen) atoms. The number of ketones is 1. The maximum Gasteiger partial charge on any atom is 0.338 e. The zero-order valence-corrected chi connectivity index (χ0v) is 23.5. The number of aromatic nitrogens is 1. The number of ether oxygens (including phenoxy) is 1. The van der Waals surface area contributed by atoms with Crippen molar-refractivity contribution in [2.75, 3.05) is 6.61 Å². The predicted molar refractivity (Wildman–Crippen MR) is 161 cm³/mol. The number of Topliss-reactive ketones (excluding diaryl/α,β-unsaturated/α-hetero) is 1. The Balaban J connectivity index is 1.54. The van der Waals surface area contributed by atoms with E-state index in [-0.39, 0.29) is 17.7 Å². The third-order valence-electron chi connectivity index (χ3n) is 7.26. The molecule has 1 aromatic heterocycles. The van der Waals surface area contributed by atoms with Crippen LogP contribution in [0, 0.1) is 13.8 Å². The smallest absolute Gasteiger partial charge is 0.338 e. The van der Waals surface area contributed by atoms with Crippen LogP contribution in [0.3, 0.4) is 0 Å². The first-order valence-electron chi connectivity index (χ1n) is 13.4. The molecule has 0 N–H and O–H groups in total. The van der Waals surface area contributed by atoms with Crippen LogP contribution in [0.5, 0.6) is 0 Å². The first kappa shape index (κ1) is 27.3. The molecule has 5 rings (SSSR count). The number of fused-ring (bicyclic) bond motifs is 1. The number of pyridine rings is 1. The second-order valence-electron chi connectivity index (χ2n) is 9.92. The van der Waals surface area contributed by atoms with Crippen molar-refractivity contribution >= 4 is 34.1 Å². The van der Waals surface area contributed by atoms with E-state index in [2.05, 4.69) is 29.2 Å². The SMILES string of the molecule is CCOC(=O)c1ccc(-c2ccc([C@@H](CC(=O)c3ccnc(C)c3)c3ccc(Cl)cc3C)cc2)c2ccccc12. The normalized spacial score (nSPS) is 11.8. The van der Waals surface area contributed by atoms with Crippen molar-refractivity contribution in [1.82, 2.24) is 4.98 Å². The summed E-state index contributed by atoms with van der Waals surface area (Å²) in [5, 5.41) is 2.51. The molecule has 0 bridgehead atoms. The van der Waals surface area contributed by atoms with Crippen molar-refractivity contribution in [3.63, 3.8) is 0 Å². The van der Waals surface area contributed by atoms with Crippen LogP contribution in [0.15, 0.2) is 97.2 Å². The Hall–Kier alpha value is -4.28. The van der Waals surface area contributed by atoms with E-state index in [0.29, 0.717) is 29.2 Å². The summed E-state index contributed by atoms with van der Waals surface area (Å²) in [4.78, 5) is 30.2. The van der Waals surface area contributed by atoms with Gasteiger partial charge in [-0.3, -0.25) is 9.78 Å². The van der Waals surface area contributed by atoms with E-state index in [4.69, 9.17) is 16.3 Å². The highest BCUT2D eigenvalue weighted by molar-refractivity contribution is 6.30. The van der Waals surface area contributed by atoms with Crippen LogP contribution in [0.25, 0.3) is 21.9 Å². The number of esters is 1. The fourth-order valence-electron chi connectivity index (χ4n) is 5.29. The maximum absolute atomic E-state index is 13.4. The van der Waals surface area contributed by atoms with Gasteiger partial charge in [-0.15, -0.1) is 0 Å². The highest BCUT2D eigenvalue weighted by Crippen LogP contribution is 2.36. The third kappa shape index (κ3) is 5.68. The summed E-state index contributed by atoms with van der Waals surface area (Å²) >= 11 is 6.27. The highest BCUT2D eigenvalue weighted by atomic mass is 35.5. The van der Waals surface area contributed by atoms with Gasteiger partial charge in [0.05, 0.1) is 12.2 Å². The second kappa shape index (κ2) is 11.8. The molecule has 1 atom stereocenters. The summed E-state index contributed by atoms with van der Waals surface area (Å²) in [6, 6.07) is 29.5. The molecule has 1 heterocycles. The van der Waals surface area contributed by atoms with Gasteiger partial charge in [0.1, 0.15) is 0 Å². The highest BCUT2D eigenvalue weighted by Gasteiger charge is 2.22. The van der Waals surface area contributed by atoms with Crippen LogP contribution in [0.4, 0.5) is 0 Å². The van der Waals surface area contributed by atoms with Gasteiger partial charge >= 0.3 is 5.97 Å². The van der Waals surface area contributed by atoms with E-state index in [1.807, 2.05) is 74.5 Å². The molecule has 0 saturated heterocycles. The summed E-state index contributed by atoms with van der Waals surface area (Å²) in [6.07, 6.45) is 2.00. The average molecular weight is 548 g/mol. The molecule has 0 unspecified atom stereocenters. The van der Waals surface area contributed by atoms with E-state index in [1.165, 1.54) is 0 Å². The Labute approximate surface area is 239 Å². The van der Waals surface area contributed by atoms with Crippen LogP contribution in [0.1, 0.15) is 62.4 Å². The van der Waals surface area contributed by atoms with Crippen molar-refractivity contribution in [3.05, 3.63) is 136 Å². The van der Waals surface area contributed by atoms with Crippen molar-refractivity contribution in [2.24, 2.45) is 0 Å². The lowest BCUT2D eigenvalue weighted by molar-refractivity contribution is 0.0528. The minimum Gasteiger partial charge on any atom is -0.462 e. The first-order chi connectivity index (χ1) is 19.4. The number of carbonyl (C=O) groups excluding carboxylic acids is 2. The van der Waals surface area contributed by atoms with Gasteiger partial charge in [-0.25, -0.2) is 4.79 Å². The van der Waals surface area contributed by atoms with E-state index >= 15 is 0 Å². The molecule has 0 fully saturated rings. The summed E-state index contributed by atoms with van der Waals surface area (Å²) in [6.45, 7) is 6.05. The third-order valence-corrected chi connectivity index (χ3v) is 7.49. The standard InChI is InChI=1S/C35H30ClNO3/c1-4-40-35(39)32-16-15-29(30-7-5-6-8-31(30)32)24-9-11-25(12-10-24)33(28-14-13-27(36)19-22(28)2)21-34(38)26-17-18-37-23(3)20-26/h5-20,33H,4,21H2,1-3H3/t33-/m1/s1.